The highest BCUT2D eigenvalue weighted by atomic mass is 14.9. The molecule has 3 N–H and O–H groups in total. The van der Waals surface area contributed by atoms with Gasteiger partial charge in [-0.1, -0.05) is 20.8 Å². The van der Waals surface area contributed by atoms with Crippen molar-refractivity contribution in [3.63, 3.8) is 0 Å². The summed E-state index contributed by atoms with van der Waals surface area (Å²) in [5.74, 6) is 1.53. The van der Waals surface area contributed by atoms with Crippen molar-refractivity contribution in [2.45, 2.75) is 58.5 Å². The van der Waals surface area contributed by atoms with E-state index < -0.39 is 0 Å². The Morgan fingerprint density at radius 2 is 2.07 bits per heavy atom. The molecule has 0 aromatic carbocycles. The molecule has 1 aliphatic rings. The van der Waals surface area contributed by atoms with Gasteiger partial charge < -0.3 is 11.1 Å². The Morgan fingerprint density at radius 1 is 1.36 bits per heavy atom. The van der Waals surface area contributed by atoms with Crippen molar-refractivity contribution in [1.29, 1.82) is 0 Å². The molecule has 0 aromatic rings. The summed E-state index contributed by atoms with van der Waals surface area (Å²) in [6.45, 7) is 7.84. The highest BCUT2D eigenvalue weighted by Crippen LogP contribution is 2.24. The van der Waals surface area contributed by atoms with Crippen LogP contribution in [0.1, 0.15) is 46.5 Å². The van der Waals surface area contributed by atoms with Crippen LogP contribution >= 0.6 is 0 Å². The first-order valence-corrected chi connectivity index (χ1v) is 6.08. The van der Waals surface area contributed by atoms with Gasteiger partial charge in [0.1, 0.15) is 0 Å². The normalized spacial score (nSPS) is 29.8. The predicted molar refractivity (Wildman–Crippen MR) is 62.2 cm³/mol. The second-order valence-corrected chi connectivity index (χ2v) is 5.27. The van der Waals surface area contributed by atoms with Crippen molar-refractivity contribution in [2.24, 2.45) is 17.6 Å². The summed E-state index contributed by atoms with van der Waals surface area (Å²) in [6.07, 6.45) is 5.23. The van der Waals surface area contributed by atoms with E-state index in [4.69, 9.17) is 5.73 Å². The summed E-state index contributed by atoms with van der Waals surface area (Å²) < 4.78 is 0. The predicted octanol–water partition coefficient (Wildman–Crippen LogP) is 2.14. The Balaban J connectivity index is 2.04. The Hall–Kier alpha value is -0.0800. The van der Waals surface area contributed by atoms with E-state index >= 15 is 0 Å². The fraction of sp³-hybridized carbons (Fsp3) is 1.00. The van der Waals surface area contributed by atoms with E-state index in [1.807, 2.05) is 0 Å². The minimum Gasteiger partial charge on any atom is -0.327 e. The van der Waals surface area contributed by atoms with Gasteiger partial charge in [-0.05, 0) is 44.1 Å². The summed E-state index contributed by atoms with van der Waals surface area (Å²) in [5, 5.41) is 3.62. The van der Waals surface area contributed by atoms with Crippen LogP contribution in [0, 0.1) is 11.8 Å². The first kappa shape index (κ1) is 12.0. The first-order valence-electron chi connectivity index (χ1n) is 6.08. The van der Waals surface area contributed by atoms with Crippen molar-refractivity contribution in [3.05, 3.63) is 0 Å². The van der Waals surface area contributed by atoms with E-state index in [9.17, 15) is 0 Å². The lowest BCUT2D eigenvalue weighted by atomic mass is 10.0. The van der Waals surface area contributed by atoms with Gasteiger partial charge in [-0.2, -0.15) is 0 Å². The maximum absolute atomic E-state index is 5.99. The molecule has 0 heterocycles. The molecule has 0 aliphatic heterocycles. The lowest BCUT2D eigenvalue weighted by Gasteiger charge is -2.18. The van der Waals surface area contributed by atoms with Crippen LogP contribution in [0.2, 0.25) is 0 Å². The third-order valence-electron chi connectivity index (χ3n) is 3.46. The number of rotatable bonds is 5. The molecule has 2 nitrogen and oxygen atoms in total. The average molecular weight is 198 g/mol. The van der Waals surface area contributed by atoms with Crippen molar-refractivity contribution < 1.29 is 0 Å². The van der Waals surface area contributed by atoms with Gasteiger partial charge in [0.05, 0.1) is 0 Å². The highest BCUT2D eigenvalue weighted by molar-refractivity contribution is 4.79. The average Bonchev–Trinajstić information content (AvgIpc) is 2.51. The van der Waals surface area contributed by atoms with E-state index in [1.165, 1.54) is 19.3 Å². The summed E-state index contributed by atoms with van der Waals surface area (Å²) in [6, 6.07) is 1.13. The molecule has 0 saturated heterocycles. The molecule has 0 amide bonds. The molecule has 3 atom stereocenters. The van der Waals surface area contributed by atoms with Gasteiger partial charge in [-0.25, -0.2) is 0 Å². The van der Waals surface area contributed by atoms with E-state index in [-0.39, 0.29) is 0 Å². The molecule has 0 bridgehead atoms. The monoisotopic (exact) mass is 198 g/mol. The number of nitrogens with one attached hydrogen (secondary N) is 1. The van der Waals surface area contributed by atoms with Gasteiger partial charge in [0.25, 0.3) is 0 Å². The Morgan fingerprint density at radius 3 is 2.57 bits per heavy atom. The zero-order chi connectivity index (χ0) is 10.6. The van der Waals surface area contributed by atoms with Crippen LogP contribution in [0.3, 0.4) is 0 Å². The Kier molecular flexibility index (Phi) is 4.90. The second-order valence-electron chi connectivity index (χ2n) is 5.27. The fourth-order valence-corrected chi connectivity index (χ4v) is 2.18. The van der Waals surface area contributed by atoms with Crippen LogP contribution in [-0.2, 0) is 0 Å². The van der Waals surface area contributed by atoms with Crippen LogP contribution in [0.5, 0.6) is 0 Å². The lowest BCUT2D eigenvalue weighted by molar-refractivity contribution is 0.423. The van der Waals surface area contributed by atoms with Gasteiger partial charge >= 0.3 is 0 Å². The first-order chi connectivity index (χ1) is 6.59. The molecular weight excluding hydrogens is 172 g/mol. The molecule has 1 fully saturated rings. The van der Waals surface area contributed by atoms with E-state index in [0.29, 0.717) is 12.0 Å². The highest BCUT2D eigenvalue weighted by Gasteiger charge is 2.20. The van der Waals surface area contributed by atoms with Gasteiger partial charge in [-0.3, -0.25) is 0 Å². The zero-order valence-electron chi connectivity index (χ0n) is 9.92. The minimum atomic E-state index is 0.362. The van der Waals surface area contributed by atoms with Crippen LogP contribution in [0.25, 0.3) is 0 Å². The van der Waals surface area contributed by atoms with Crippen molar-refractivity contribution >= 4 is 0 Å². The van der Waals surface area contributed by atoms with Crippen LogP contribution in [0.15, 0.2) is 0 Å². The number of nitrogens with two attached hydrogens (primary N) is 1. The third-order valence-corrected chi connectivity index (χ3v) is 3.46. The molecule has 0 spiro atoms. The molecule has 3 unspecified atom stereocenters. The molecule has 84 valence electrons. The quantitative estimate of drug-likeness (QED) is 0.710. The molecule has 1 rings (SSSR count). The number of hydrogen-bond donors (Lipinski definition) is 2. The molecule has 1 aliphatic carbocycles. The summed E-state index contributed by atoms with van der Waals surface area (Å²) >= 11 is 0. The van der Waals surface area contributed by atoms with E-state index in [1.54, 1.807) is 0 Å². The lowest BCUT2D eigenvalue weighted by Crippen LogP contribution is -2.34. The van der Waals surface area contributed by atoms with Crippen molar-refractivity contribution in [2.75, 3.05) is 6.54 Å². The maximum atomic E-state index is 5.99. The molecule has 1 saturated carbocycles. The Bertz CT molecular complexity index is 156. The SMILES string of the molecule is CC1CCC(NCCC(N)C(C)C)C1. The largest absolute Gasteiger partial charge is 0.327 e. The zero-order valence-corrected chi connectivity index (χ0v) is 9.92. The fourth-order valence-electron chi connectivity index (χ4n) is 2.18. The van der Waals surface area contributed by atoms with Crippen molar-refractivity contribution in [1.82, 2.24) is 5.32 Å². The topological polar surface area (TPSA) is 38.0 Å². The summed E-state index contributed by atoms with van der Waals surface area (Å²) in [7, 11) is 0. The molecular formula is C12H26N2. The summed E-state index contributed by atoms with van der Waals surface area (Å²) in [5.41, 5.74) is 5.99. The minimum absolute atomic E-state index is 0.362. The molecule has 14 heavy (non-hydrogen) atoms. The van der Waals surface area contributed by atoms with Crippen LogP contribution < -0.4 is 11.1 Å². The van der Waals surface area contributed by atoms with E-state index in [0.717, 1.165) is 24.9 Å². The molecule has 0 aromatic heterocycles. The number of hydrogen-bond acceptors (Lipinski definition) is 2. The molecule has 2 heteroatoms. The maximum Gasteiger partial charge on any atom is 0.00739 e. The smallest absolute Gasteiger partial charge is 0.00739 e. The van der Waals surface area contributed by atoms with Crippen LogP contribution in [0.4, 0.5) is 0 Å². The Labute approximate surface area is 88.6 Å². The standard InChI is InChI=1S/C12H26N2/c1-9(2)12(13)6-7-14-11-5-4-10(3)8-11/h9-12,14H,4-8,13H2,1-3H3. The third kappa shape index (κ3) is 3.97. The van der Waals surface area contributed by atoms with E-state index in [2.05, 4.69) is 26.1 Å². The van der Waals surface area contributed by atoms with Gasteiger partial charge in [0, 0.05) is 12.1 Å². The molecule has 0 radical (unpaired) electrons. The van der Waals surface area contributed by atoms with Crippen LogP contribution in [-0.4, -0.2) is 18.6 Å². The van der Waals surface area contributed by atoms with Gasteiger partial charge in [-0.15, -0.1) is 0 Å². The van der Waals surface area contributed by atoms with Crippen molar-refractivity contribution in [3.8, 4) is 0 Å². The summed E-state index contributed by atoms with van der Waals surface area (Å²) in [4.78, 5) is 0. The van der Waals surface area contributed by atoms with Gasteiger partial charge in [0.15, 0.2) is 0 Å². The second kappa shape index (κ2) is 5.72. The van der Waals surface area contributed by atoms with Gasteiger partial charge in [0.2, 0.25) is 0 Å².